The fourth-order valence-electron chi connectivity index (χ4n) is 4.12. The van der Waals surface area contributed by atoms with E-state index in [0.717, 1.165) is 48.7 Å². The number of carbonyl (C=O) groups excluding carboxylic acids is 1. The minimum Gasteiger partial charge on any atom is -0.492 e. The SMILES string of the molecule is CS(=O)(=O)NC(=O)c1cc(OCC2CCOOC2)c2c(C3CCC3)nn(-c3ccccc3)c2n1. The van der Waals surface area contributed by atoms with Crippen molar-refractivity contribution in [3.63, 3.8) is 0 Å². The number of ether oxygens (including phenoxy) is 1. The molecule has 1 saturated heterocycles. The molecule has 5 rings (SSSR count). The van der Waals surface area contributed by atoms with Crippen molar-refractivity contribution in [3.05, 3.63) is 47.8 Å². The number of hydrogen-bond acceptors (Lipinski definition) is 8. The van der Waals surface area contributed by atoms with Crippen molar-refractivity contribution in [3.8, 4) is 11.4 Å². The largest absolute Gasteiger partial charge is 0.492 e. The lowest BCUT2D eigenvalue weighted by Gasteiger charge is -2.24. The van der Waals surface area contributed by atoms with Crippen molar-refractivity contribution in [2.45, 2.75) is 31.6 Å². The standard InChI is InChI=1S/C23H26N4O6S/c1-34(29,30)26-23(28)18-12-19(31-13-15-10-11-32-33-14-15)20-21(16-6-5-7-16)25-27(22(20)24-18)17-8-3-2-4-9-17/h2-4,8-9,12,15-16H,5-7,10-11,13-14H2,1H3,(H,26,28). The van der Waals surface area contributed by atoms with Crippen LogP contribution in [-0.4, -0.2) is 55.2 Å². The third kappa shape index (κ3) is 4.77. The lowest BCUT2D eigenvalue weighted by molar-refractivity contribution is -0.325. The van der Waals surface area contributed by atoms with Gasteiger partial charge in [0.05, 0.1) is 42.8 Å². The highest BCUT2D eigenvalue weighted by Gasteiger charge is 2.30. The van der Waals surface area contributed by atoms with E-state index in [1.165, 1.54) is 6.07 Å². The molecule has 1 saturated carbocycles. The van der Waals surface area contributed by atoms with E-state index in [2.05, 4.69) is 4.98 Å². The quantitative estimate of drug-likeness (QED) is 0.506. The number of aromatic nitrogens is 3. The third-order valence-electron chi connectivity index (χ3n) is 6.10. The Morgan fingerprint density at radius 1 is 1.21 bits per heavy atom. The highest BCUT2D eigenvalue weighted by atomic mass is 32.2. The zero-order valence-corrected chi connectivity index (χ0v) is 19.6. The molecule has 11 heteroatoms. The Bertz CT molecular complexity index is 1300. The van der Waals surface area contributed by atoms with Crippen molar-refractivity contribution in [2.24, 2.45) is 5.92 Å². The normalized spacial score (nSPS) is 19.0. The fourth-order valence-corrected chi connectivity index (χ4v) is 4.56. The molecule has 2 fully saturated rings. The first kappa shape index (κ1) is 22.8. The average molecular weight is 487 g/mol. The van der Waals surface area contributed by atoms with E-state index in [4.69, 9.17) is 19.6 Å². The summed E-state index contributed by atoms with van der Waals surface area (Å²) in [4.78, 5) is 27.3. The molecular weight excluding hydrogens is 460 g/mol. The number of carbonyl (C=O) groups is 1. The average Bonchev–Trinajstić information content (AvgIpc) is 3.15. The molecule has 1 unspecified atom stereocenters. The van der Waals surface area contributed by atoms with Crippen LogP contribution in [0.15, 0.2) is 36.4 Å². The first-order chi connectivity index (χ1) is 16.4. The fraction of sp³-hybridized carbons (Fsp3) is 0.435. The topological polar surface area (TPSA) is 122 Å². The maximum atomic E-state index is 12.7. The van der Waals surface area contributed by atoms with Gasteiger partial charge in [-0.25, -0.2) is 32.6 Å². The Kier molecular flexibility index (Phi) is 6.24. The summed E-state index contributed by atoms with van der Waals surface area (Å²) in [5, 5.41) is 5.64. The number of sulfonamides is 1. The molecule has 1 aliphatic heterocycles. The van der Waals surface area contributed by atoms with Gasteiger partial charge in [-0.3, -0.25) is 4.79 Å². The van der Waals surface area contributed by atoms with Crippen LogP contribution in [0.1, 0.15) is 47.8 Å². The molecule has 1 N–H and O–H groups in total. The van der Waals surface area contributed by atoms with Gasteiger partial charge >= 0.3 is 0 Å². The van der Waals surface area contributed by atoms with E-state index in [1.807, 2.05) is 35.1 Å². The van der Waals surface area contributed by atoms with Crippen LogP contribution in [0.3, 0.4) is 0 Å². The van der Waals surface area contributed by atoms with Gasteiger partial charge in [0.1, 0.15) is 11.4 Å². The second-order valence-corrected chi connectivity index (χ2v) is 10.5. The number of pyridine rings is 1. The molecule has 180 valence electrons. The van der Waals surface area contributed by atoms with Crippen LogP contribution in [0.5, 0.6) is 5.75 Å². The molecule has 0 spiro atoms. The van der Waals surface area contributed by atoms with Gasteiger partial charge in [0.2, 0.25) is 10.0 Å². The van der Waals surface area contributed by atoms with Crippen molar-refractivity contribution in [2.75, 3.05) is 26.1 Å². The van der Waals surface area contributed by atoms with Crippen LogP contribution in [0.4, 0.5) is 0 Å². The summed E-state index contributed by atoms with van der Waals surface area (Å²) in [7, 11) is -3.77. The van der Waals surface area contributed by atoms with E-state index in [-0.39, 0.29) is 17.5 Å². The Balaban J connectivity index is 1.64. The number of hydrogen-bond donors (Lipinski definition) is 1. The van der Waals surface area contributed by atoms with E-state index >= 15 is 0 Å². The molecule has 2 aromatic heterocycles. The summed E-state index contributed by atoms with van der Waals surface area (Å²) in [5.41, 5.74) is 2.06. The number of fused-ring (bicyclic) bond motifs is 1. The molecule has 1 amide bonds. The molecule has 3 heterocycles. The van der Waals surface area contributed by atoms with Gasteiger partial charge in [-0.2, -0.15) is 5.10 Å². The lowest BCUT2D eigenvalue weighted by atomic mass is 9.82. The molecule has 1 aromatic carbocycles. The molecule has 1 atom stereocenters. The second kappa shape index (κ2) is 9.32. The number of nitrogens with zero attached hydrogens (tertiary/aromatic N) is 3. The summed E-state index contributed by atoms with van der Waals surface area (Å²) in [5.74, 6) is 0.0363. The highest BCUT2D eigenvalue weighted by Crippen LogP contribution is 2.42. The summed E-state index contributed by atoms with van der Waals surface area (Å²) in [6, 6.07) is 11.0. The molecule has 3 aromatic rings. The molecule has 2 aliphatic rings. The van der Waals surface area contributed by atoms with Crippen molar-refractivity contribution >= 4 is 27.0 Å². The van der Waals surface area contributed by atoms with Gasteiger partial charge < -0.3 is 4.74 Å². The molecule has 1 aliphatic carbocycles. The zero-order chi connectivity index (χ0) is 23.7. The summed E-state index contributed by atoms with van der Waals surface area (Å²) in [6.45, 7) is 1.26. The first-order valence-corrected chi connectivity index (χ1v) is 13.2. The molecule has 10 nitrogen and oxygen atoms in total. The van der Waals surface area contributed by atoms with E-state index in [1.54, 1.807) is 4.68 Å². The molecule has 0 radical (unpaired) electrons. The van der Waals surface area contributed by atoms with Crippen LogP contribution in [0, 0.1) is 5.92 Å². The number of benzene rings is 1. The third-order valence-corrected chi connectivity index (χ3v) is 6.66. The van der Waals surface area contributed by atoms with Gasteiger partial charge in [-0.1, -0.05) is 24.6 Å². The highest BCUT2D eigenvalue weighted by molar-refractivity contribution is 7.89. The van der Waals surface area contributed by atoms with Gasteiger partial charge in [-0.15, -0.1) is 0 Å². The lowest BCUT2D eigenvalue weighted by Crippen LogP contribution is -2.30. The van der Waals surface area contributed by atoms with E-state index in [0.29, 0.717) is 31.2 Å². The van der Waals surface area contributed by atoms with Crippen LogP contribution >= 0.6 is 0 Å². The maximum absolute atomic E-state index is 12.7. The van der Waals surface area contributed by atoms with Crippen LogP contribution < -0.4 is 9.46 Å². The second-order valence-electron chi connectivity index (χ2n) is 8.74. The number of rotatable bonds is 7. The number of amides is 1. The van der Waals surface area contributed by atoms with Crippen molar-refractivity contribution in [1.82, 2.24) is 19.5 Å². The number of para-hydroxylation sites is 1. The monoisotopic (exact) mass is 486 g/mol. The van der Waals surface area contributed by atoms with Gasteiger partial charge in [0, 0.05) is 17.9 Å². The van der Waals surface area contributed by atoms with E-state index < -0.39 is 15.9 Å². The minimum atomic E-state index is -3.77. The summed E-state index contributed by atoms with van der Waals surface area (Å²) in [6.07, 6.45) is 4.88. The Morgan fingerprint density at radius 3 is 2.65 bits per heavy atom. The smallest absolute Gasteiger partial charge is 0.283 e. The van der Waals surface area contributed by atoms with Gasteiger partial charge in [-0.05, 0) is 31.4 Å². The zero-order valence-electron chi connectivity index (χ0n) is 18.8. The Hall–Kier alpha value is -3.02. The summed E-state index contributed by atoms with van der Waals surface area (Å²) >= 11 is 0. The first-order valence-electron chi connectivity index (χ1n) is 11.3. The van der Waals surface area contributed by atoms with Gasteiger partial charge in [0.25, 0.3) is 5.91 Å². The van der Waals surface area contributed by atoms with Crippen molar-refractivity contribution < 1.29 is 27.7 Å². The number of nitrogens with one attached hydrogen (secondary N) is 1. The predicted molar refractivity (Wildman–Crippen MR) is 123 cm³/mol. The summed E-state index contributed by atoms with van der Waals surface area (Å²) < 4.78 is 33.3. The minimum absolute atomic E-state index is 0.0617. The Labute approximate surface area is 197 Å². The predicted octanol–water partition coefficient (Wildman–Crippen LogP) is 2.72. The molecular formula is C23H26N4O6S. The molecule has 34 heavy (non-hydrogen) atoms. The van der Waals surface area contributed by atoms with Crippen LogP contribution in [-0.2, 0) is 19.8 Å². The van der Waals surface area contributed by atoms with Crippen molar-refractivity contribution in [1.29, 1.82) is 0 Å². The maximum Gasteiger partial charge on any atom is 0.283 e. The van der Waals surface area contributed by atoms with E-state index in [9.17, 15) is 13.2 Å². The van der Waals surface area contributed by atoms with Crippen LogP contribution in [0.25, 0.3) is 16.7 Å². The molecule has 0 bridgehead atoms. The van der Waals surface area contributed by atoms with Gasteiger partial charge in [0.15, 0.2) is 5.65 Å². The van der Waals surface area contributed by atoms with Crippen LogP contribution in [0.2, 0.25) is 0 Å². The Morgan fingerprint density at radius 2 is 2.00 bits per heavy atom.